The zero-order chi connectivity index (χ0) is 22.8. The van der Waals surface area contributed by atoms with Crippen molar-refractivity contribution in [1.29, 1.82) is 0 Å². The Balaban J connectivity index is 1.67. The van der Waals surface area contributed by atoms with Gasteiger partial charge in [-0.05, 0) is 54.5 Å². The van der Waals surface area contributed by atoms with Crippen LogP contribution in [-0.2, 0) is 6.54 Å². The zero-order valence-electron chi connectivity index (χ0n) is 18.5. The van der Waals surface area contributed by atoms with E-state index in [1.54, 1.807) is 4.68 Å². The van der Waals surface area contributed by atoms with Crippen molar-refractivity contribution in [3.05, 3.63) is 75.5 Å². The first-order valence-corrected chi connectivity index (χ1v) is 11.9. The monoisotopic (exact) mass is 481 g/mol. The van der Waals surface area contributed by atoms with Crippen molar-refractivity contribution in [2.45, 2.75) is 32.7 Å². The quantitative estimate of drug-likeness (QED) is 0.514. The lowest BCUT2D eigenvalue weighted by atomic mass is 10.0. The Bertz CT molecular complexity index is 1180. The molecule has 7 nitrogen and oxygen atoms in total. The highest BCUT2D eigenvalue weighted by Crippen LogP contribution is 2.36. The van der Waals surface area contributed by atoms with E-state index in [0.717, 1.165) is 47.1 Å². The largest absolute Gasteiger partial charge is 0.297 e. The summed E-state index contributed by atoms with van der Waals surface area (Å²) in [4.78, 5) is 5.16. The molecule has 0 saturated carbocycles. The summed E-state index contributed by atoms with van der Waals surface area (Å²) in [7, 11) is 0. The lowest BCUT2D eigenvalue weighted by Gasteiger charge is -2.43. The standard InChI is InChI=1S/C24H25Cl2N7/c1-17-28-29-30-32(17)15-22-16-33(31-13-3-2-4-14-31)24(19-7-11-21(26)12-8-19)23(27-22)18-5-9-20(25)10-6-18/h5-12H,2-4,13-16H2,1H3. The number of tetrazole rings is 1. The molecule has 2 aliphatic heterocycles. The van der Waals surface area contributed by atoms with Gasteiger partial charge < -0.3 is 0 Å². The van der Waals surface area contributed by atoms with Gasteiger partial charge in [0.15, 0.2) is 0 Å². The van der Waals surface area contributed by atoms with Crippen molar-refractivity contribution >= 4 is 40.3 Å². The first-order valence-electron chi connectivity index (χ1n) is 11.2. The van der Waals surface area contributed by atoms with Crippen LogP contribution in [0.1, 0.15) is 36.2 Å². The van der Waals surface area contributed by atoms with Gasteiger partial charge in [-0.2, -0.15) is 0 Å². The molecule has 2 aliphatic rings. The average Bonchev–Trinajstić information content (AvgIpc) is 3.24. The Kier molecular flexibility index (Phi) is 6.44. The van der Waals surface area contributed by atoms with E-state index >= 15 is 0 Å². The van der Waals surface area contributed by atoms with Gasteiger partial charge in [-0.1, -0.05) is 53.9 Å². The summed E-state index contributed by atoms with van der Waals surface area (Å²) < 4.78 is 1.79. The van der Waals surface area contributed by atoms with E-state index in [4.69, 9.17) is 28.2 Å². The molecule has 0 radical (unpaired) electrons. The van der Waals surface area contributed by atoms with Gasteiger partial charge in [0.25, 0.3) is 0 Å². The first kappa shape index (κ1) is 22.1. The van der Waals surface area contributed by atoms with Crippen LogP contribution in [0.5, 0.6) is 0 Å². The third-order valence-corrected chi connectivity index (χ3v) is 6.54. The minimum atomic E-state index is 0.536. The predicted molar refractivity (Wildman–Crippen MR) is 132 cm³/mol. The zero-order valence-corrected chi connectivity index (χ0v) is 20.0. The van der Waals surface area contributed by atoms with Crippen LogP contribution in [0.4, 0.5) is 0 Å². The molecule has 9 heteroatoms. The van der Waals surface area contributed by atoms with E-state index in [-0.39, 0.29) is 0 Å². The summed E-state index contributed by atoms with van der Waals surface area (Å²) in [6.07, 6.45) is 3.62. The van der Waals surface area contributed by atoms with Crippen LogP contribution in [0.3, 0.4) is 0 Å². The molecule has 5 rings (SSSR count). The fourth-order valence-electron chi connectivity index (χ4n) is 4.34. The number of piperidine rings is 1. The van der Waals surface area contributed by atoms with Crippen molar-refractivity contribution in [2.75, 3.05) is 19.6 Å². The smallest absolute Gasteiger partial charge is 0.148 e. The lowest BCUT2D eigenvalue weighted by molar-refractivity contribution is 0.0273. The molecule has 33 heavy (non-hydrogen) atoms. The molecule has 0 aliphatic carbocycles. The summed E-state index contributed by atoms with van der Waals surface area (Å²) in [5.41, 5.74) is 5.08. The Morgan fingerprint density at radius 2 is 1.48 bits per heavy atom. The van der Waals surface area contributed by atoms with E-state index in [2.05, 4.69) is 37.7 Å². The Morgan fingerprint density at radius 1 is 0.848 bits per heavy atom. The summed E-state index contributed by atoms with van der Waals surface area (Å²) in [5.74, 6) is 0.766. The summed E-state index contributed by atoms with van der Waals surface area (Å²) in [5, 5.41) is 18.2. The number of aryl methyl sites for hydroxylation is 1. The predicted octanol–water partition coefficient (Wildman–Crippen LogP) is 4.97. The molecule has 170 valence electrons. The molecule has 1 fully saturated rings. The van der Waals surface area contributed by atoms with E-state index < -0.39 is 0 Å². The summed E-state index contributed by atoms with van der Waals surface area (Å²) in [6, 6.07) is 15.9. The minimum Gasteiger partial charge on any atom is -0.297 e. The van der Waals surface area contributed by atoms with Crippen molar-refractivity contribution in [1.82, 2.24) is 30.2 Å². The van der Waals surface area contributed by atoms with Crippen LogP contribution in [0.15, 0.2) is 53.5 Å². The van der Waals surface area contributed by atoms with Gasteiger partial charge in [-0.3, -0.25) is 10.0 Å². The molecule has 0 unspecified atom stereocenters. The fourth-order valence-corrected chi connectivity index (χ4v) is 4.59. The van der Waals surface area contributed by atoms with Crippen molar-refractivity contribution in [3.8, 4) is 0 Å². The minimum absolute atomic E-state index is 0.536. The van der Waals surface area contributed by atoms with Crippen molar-refractivity contribution in [3.63, 3.8) is 0 Å². The molecule has 3 heterocycles. The van der Waals surface area contributed by atoms with Crippen LogP contribution in [-0.4, -0.2) is 55.6 Å². The van der Waals surface area contributed by atoms with Gasteiger partial charge in [0, 0.05) is 34.3 Å². The second-order valence-corrected chi connectivity index (χ2v) is 9.22. The van der Waals surface area contributed by atoms with E-state index in [1.165, 1.54) is 19.3 Å². The van der Waals surface area contributed by atoms with E-state index in [1.807, 2.05) is 43.3 Å². The molecular weight excluding hydrogens is 457 g/mol. The van der Waals surface area contributed by atoms with Crippen LogP contribution in [0.25, 0.3) is 11.4 Å². The molecule has 2 aromatic carbocycles. The molecule has 0 amide bonds. The highest BCUT2D eigenvalue weighted by molar-refractivity contribution is 6.31. The molecule has 0 atom stereocenters. The van der Waals surface area contributed by atoms with Gasteiger partial charge in [0.1, 0.15) is 5.82 Å². The van der Waals surface area contributed by atoms with Crippen molar-refractivity contribution < 1.29 is 0 Å². The number of hydrogen-bond acceptors (Lipinski definition) is 6. The topological polar surface area (TPSA) is 62.4 Å². The van der Waals surface area contributed by atoms with Gasteiger partial charge in [0.05, 0.1) is 30.2 Å². The number of aromatic nitrogens is 4. The van der Waals surface area contributed by atoms with Gasteiger partial charge >= 0.3 is 0 Å². The van der Waals surface area contributed by atoms with Crippen LogP contribution < -0.4 is 0 Å². The lowest BCUT2D eigenvalue weighted by Crippen LogP contribution is -2.48. The summed E-state index contributed by atoms with van der Waals surface area (Å²) in [6.45, 7) is 5.15. The maximum atomic E-state index is 6.22. The Morgan fingerprint density at radius 3 is 2.09 bits per heavy atom. The number of hydrogen-bond donors (Lipinski definition) is 0. The highest BCUT2D eigenvalue weighted by Gasteiger charge is 2.30. The van der Waals surface area contributed by atoms with E-state index in [0.29, 0.717) is 23.1 Å². The van der Waals surface area contributed by atoms with Gasteiger partial charge in [-0.25, -0.2) is 9.69 Å². The molecule has 0 N–H and O–H groups in total. The average molecular weight is 482 g/mol. The summed E-state index contributed by atoms with van der Waals surface area (Å²) >= 11 is 12.4. The molecule has 0 bridgehead atoms. The van der Waals surface area contributed by atoms with Gasteiger partial charge in [0.2, 0.25) is 0 Å². The number of halogens is 2. The molecular formula is C24H25Cl2N7. The third kappa shape index (κ3) is 4.81. The molecule has 1 saturated heterocycles. The third-order valence-electron chi connectivity index (χ3n) is 6.04. The first-order chi connectivity index (χ1) is 16.1. The fraction of sp³-hybridized carbons (Fsp3) is 0.333. The van der Waals surface area contributed by atoms with Gasteiger partial charge in [-0.15, -0.1) is 5.10 Å². The molecule has 3 aromatic rings. The molecule has 0 spiro atoms. The highest BCUT2D eigenvalue weighted by atomic mass is 35.5. The molecule has 1 aromatic heterocycles. The van der Waals surface area contributed by atoms with Crippen molar-refractivity contribution in [2.24, 2.45) is 4.99 Å². The van der Waals surface area contributed by atoms with E-state index in [9.17, 15) is 0 Å². The number of nitrogens with zero attached hydrogens (tertiary/aromatic N) is 7. The normalized spacial score (nSPS) is 17.4. The number of rotatable bonds is 5. The number of benzene rings is 2. The second kappa shape index (κ2) is 9.63. The number of hydrazine groups is 1. The maximum absolute atomic E-state index is 6.22. The number of aliphatic imine (C=N–C) groups is 1. The van der Waals surface area contributed by atoms with Crippen LogP contribution in [0, 0.1) is 6.92 Å². The SMILES string of the molecule is Cc1nnnn1CC1=NC(c2ccc(Cl)cc2)=C(c2ccc(Cl)cc2)N(N2CCCCC2)C1. The second-order valence-electron chi connectivity index (χ2n) is 8.34. The Labute approximate surface area is 203 Å². The Hall–Kier alpha value is -2.74. The van der Waals surface area contributed by atoms with Crippen LogP contribution in [0.2, 0.25) is 10.0 Å². The van der Waals surface area contributed by atoms with Crippen LogP contribution >= 0.6 is 23.2 Å². The maximum Gasteiger partial charge on any atom is 0.148 e.